The number of unbranched alkanes of at least 4 members (excludes halogenated alkanes) is 4. The fourth-order valence-corrected chi connectivity index (χ4v) is 2.64. The molecule has 5 nitrogen and oxygen atoms in total. The summed E-state index contributed by atoms with van der Waals surface area (Å²) in [5, 5.41) is 17.5. The molecule has 0 radical (unpaired) electrons. The maximum atomic E-state index is 10.8. The second kappa shape index (κ2) is 11.2. The van der Waals surface area contributed by atoms with Crippen molar-refractivity contribution in [3.05, 3.63) is 53.9 Å². The Bertz CT molecular complexity index is 637. The van der Waals surface area contributed by atoms with Crippen LogP contribution in [0.1, 0.15) is 58.1 Å². The van der Waals surface area contributed by atoms with Gasteiger partial charge in [-0.2, -0.15) is 0 Å². The SMILES string of the molecule is CC1(C(=O)O)C=CC=C(C(=O)O)C1.CCCCCCCc1ccccn1. The first-order valence-electron chi connectivity index (χ1n) is 9.14. The van der Waals surface area contributed by atoms with E-state index in [9.17, 15) is 9.59 Å². The molecule has 1 aliphatic rings. The molecule has 1 heterocycles. The smallest absolute Gasteiger partial charge is 0.331 e. The Hall–Kier alpha value is -2.43. The van der Waals surface area contributed by atoms with Crippen molar-refractivity contribution >= 4 is 11.9 Å². The Labute approximate surface area is 155 Å². The zero-order chi connectivity index (χ0) is 19.4. The van der Waals surface area contributed by atoms with Gasteiger partial charge < -0.3 is 10.2 Å². The zero-order valence-electron chi connectivity index (χ0n) is 15.6. The number of rotatable bonds is 8. The van der Waals surface area contributed by atoms with Crippen LogP contribution in [0.4, 0.5) is 0 Å². The minimum Gasteiger partial charge on any atom is -0.481 e. The average molecular weight is 359 g/mol. The lowest BCUT2D eigenvalue weighted by molar-refractivity contribution is -0.145. The van der Waals surface area contributed by atoms with Gasteiger partial charge in [-0.15, -0.1) is 0 Å². The van der Waals surface area contributed by atoms with E-state index in [1.54, 1.807) is 0 Å². The maximum Gasteiger partial charge on any atom is 0.331 e. The highest BCUT2D eigenvalue weighted by molar-refractivity contribution is 5.90. The Morgan fingerprint density at radius 1 is 1.15 bits per heavy atom. The van der Waals surface area contributed by atoms with E-state index in [-0.39, 0.29) is 12.0 Å². The van der Waals surface area contributed by atoms with Crippen molar-refractivity contribution in [1.82, 2.24) is 4.98 Å². The molecule has 142 valence electrons. The van der Waals surface area contributed by atoms with E-state index in [2.05, 4.69) is 24.0 Å². The van der Waals surface area contributed by atoms with E-state index in [1.807, 2.05) is 12.3 Å². The number of pyridine rings is 1. The van der Waals surface area contributed by atoms with E-state index in [0.29, 0.717) is 0 Å². The normalized spacial score (nSPS) is 18.5. The molecule has 0 bridgehead atoms. The van der Waals surface area contributed by atoms with Crippen LogP contribution in [0.3, 0.4) is 0 Å². The third-order valence-corrected chi connectivity index (χ3v) is 4.35. The van der Waals surface area contributed by atoms with Crippen LogP contribution in [0, 0.1) is 5.41 Å². The van der Waals surface area contributed by atoms with Gasteiger partial charge in [0.1, 0.15) is 0 Å². The van der Waals surface area contributed by atoms with Crippen LogP contribution in [-0.4, -0.2) is 27.1 Å². The Balaban J connectivity index is 0.000000260. The molecule has 0 saturated heterocycles. The van der Waals surface area contributed by atoms with Crippen molar-refractivity contribution in [2.45, 2.75) is 58.8 Å². The van der Waals surface area contributed by atoms with E-state index in [0.717, 1.165) is 6.42 Å². The van der Waals surface area contributed by atoms with Crippen molar-refractivity contribution in [1.29, 1.82) is 0 Å². The summed E-state index contributed by atoms with van der Waals surface area (Å²) in [5.41, 5.74) is 0.286. The van der Waals surface area contributed by atoms with Gasteiger partial charge in [0.25, 0.3) is 0 Å². The van der Waals surface area contributed by atoms with E-state index >= 15 is 0 Å². The topological polar surface area (TPSA) is 87.5 Å². The molecule has 2 rings (SSSR count). The first-order chi connectivity index (χ1) is 12.4. The molecule has 1 atom stereocenters. The van der Waals surface area contributed by atoms with Crippen LogP contribution in [0.2, 0.25) is 0 Å². The molecule has 1 aromatic rings. The number of nitrogens with zero attached hydrogens (tertiary/aromatic N) is 1. The van der Waals surface area contributed by atoms with Crippen molar-refractivity contribution in [3.63, 3.8) is 0 Å². The molecule has 26 heavy (non-hydrogen) atoms. The highest BCUT2D eigenvalue weighted by atomic mass is 16.4. The summed E-state index contributed by atoms with van der Waals surface area (Å²) in [5.74, 6) is -2.06. The molecular formula is C21H29NO4. The van der Waals surface area contributed by atoms with Gasteiger partial charge in [-0.3, -0.25) is 9.78 Å². The molecule has 0 fully saturated rings. The summed E-state index contributed by atoms with van der Waals surface area (Å²) in [4.78, 5) is 25.6. The van der Waals surface area contributed by atoms with E-state index in [4.69, 9.17) is 10.2 Å². The number of aromatic nitrogens is 1. The number of aliphatic carboxylic acids is 2. The minimum atomic E-state index is -1.08. The predicted molar refractivity (Wildman–Crippen MR) is 102 cm³/mol. The van der Waals surface area contributed by atoms with Gasteiger partial charge in [0.15, 0.2) is 0 Å². The third-order valence-electron chi connectivity index (χ3n) is 4.35. The second-order valence-corrected chi connectivity index (χ2v) is 6.74. The van der Waals surface area contributed by atoms with Gasteiger partial charge >= 0.3 is 11.9 Å². The molecule has 0 aromatic carbocycles. The lowest BCUT2D eigenvalue weighted by Crippen LogP contribution is -2.28. The Morgan fingerprint density at radius 3 is 2.46 bits per heavy atom. The fraction of sp³-hybridized carbons (Fsp3) is 0.476. The lowest BCUT2D eigenvalue weighted by atomic mass is 9.80. The molecule has 0 amide bonds. The maximum absolute atomic E-state index is 10.8. The highest BCUT2D eigenvalue weighted by Crippen LogP contribution is 2.31. The van der Waals surface area contributed by atoms with Gasteiger partial charge in [-0.05, 0) is 38.3 Å². The molecule has 0 spiro atoms. The van der Waals surface area contributed by atoms with Crippen molar-refractivity contribution < 1.29 is 19.8 Å². The van der Waals surface area contributed by atoms with Crippen molar-refractivity contribution in [3.8, 4) is 0 Å². The summed E-state index contributed by atoms with van der Waals surface area (Å²) < 4.78 is 0. The van der Waals surface area contributed by atoms with Crippen LogP contribution in [-0.2, 0) is 16.0 Å². The monoisotopic (exact) mass is 359 g/mol. The molecule has 1 aliphatic carbocycles. The molecule has 0 saturated carbocycles. The van der Waals surface area contributed by atoms with E-state index in [1.165, 1.54) is 62.9 Å². The van der Waals surface area contributed by atoms with Gasteiger partial charge in [-0.25, -0.2) is 4.79 Å². The molecule has 1 aromatic heterocycles. The number of allylic oxidation sites excluding steroid dienone is 2. The highest BCUT2D eigenvalue weighted by Gasteiger charge is 2.34. The summed E-state index contributed by atoms with van der Waals surface area (Å²) in [7, 11) is 0. The third kappa shape index (κ3) is 7.64. The quantitative estimate of drug-likeness (QED) is 0.660. The van der Waals surface area contributed by atoms with Crippen LogP contribution in [0.15, 0.2) is 48.2 Å². The van der Waals surface area contributed by atoms with Crippen LogP contribution in [0.25, 0.3) is 0 Å². The van der Waals surface area contributed by atoms with Gasteiger partial charge in [-0.1, -0.05) is 56.9 Å². The van der Waals surface area contributed by atoms with Crippen molar-refractivity contribution in [2.75, 3.05) is 0 Å². The van der Waals surface area contributed by atoms with Crippen molar-refractivity contribution in [2.24, 2.45) is 5.41 Å². The lowest BCUT2D eigenvalue weighted by Gasteiger charge is -2.23. The van der Waals surface area contributed by atoms with Crippen LogP contribution in [0.5, 0.6) is 0 Å². The average Bonchev–Trinajstić information content (AvgIpc) is 2.63. The number of hydrogen-bond donors (Lipinski definition) is 2. The standard InChI is InChI=1S/C12H19N.C9H10O4/c1-2-3-4-5-6-9-12-10-7-8-11-13-12;1-9(8(12)13)4-2-3-6(5-9)7(10)11/h7-8,10-11H,2-6,9H2,1H3;2-4H,5H2,1H3,(H,10,11)(H,12,13). The first-order valence-corrected chi connectivity index (χ1v) is 9.14. The minimum absolute atomic E-state index is 0.0359. The number of carboxylic acid groups (broad SMARTS) is 2. The van der Waals surface area contributed by atoms with E-state index < -0.39 is 17.4 Å². The second-order valence-electron chi connectivity index (χ2n) is 6.74. The molecular weight excluding hydrogens is 330 g/mol. The summed E-state index contributed by atoms with van der Waals surface area (Å²) >= 11 is 0. The fourth-order valence-electron chi connectivity index (χ4n) is 2.64. The van der Waals surface area contributed by atoms with Crippen LogP contribution >= 0.6 is 0 Å². The van der Waals surface area contributed by atoms with Gasteiger partial charge in [0.2, 0.25) is 0 Å². The molecule has 5 heteroatoms. The molecule has 1 unspecified atom stereocenters. The van der Waals surface area contributed by atoms with Gasteiger partial charge in [0, 0.05) is 17.5 Å². The number of carboxylic acids is 2. The Morgan fingerprint density at radius 2 is 1.88 bits per heavy atom. The number of hydrogen-bond acceptors (Lipinski definition) is 3. The Kier molecular flexibility index (Phi) is 9.34. The number of carbonyl (C=O) groups is 2. The summed E-state index contributed by atoms with van der Waals surface area (Å²) in [6, 6.07) is 6.15. The summed E-state index contributed by atoms with van der Waals surface area (Å²) in [6.07, 6.45) is 14.2. The molecule has 2 N–H and O–H groups in total. The van der Waals surface area contributed by atoms with Gasteiger partial charge in [0.05, 0.1) is 5.41 Å². The van der Waals surface area contributed by atoms with Crippen LogP contribution < -0.4 is 0 Å². The zero-order valence-corrected chi connectivity index (χ0v) is 15.6. The predicted octanol–water partition coefficient (Wildman–Crippen LogP) is 4.64. The largest absolute Gasteiger partial charge is 0.481 e. The summed E-state index contributed by atoms with van der Waals surface area (Å²) in [6.45, 7) is 3.75. The number of aryl methyl sites for hydroxylation is 1. The molecule has 0 aliphatic heterocycles. The first kappa shape index (κ1) is 21.6.